The molecule has 0 spiro atoms. The van der Waals surface area contributed by atoms with E-state index in [2.05, 4.69) is 31.2 Å². The molecule has 2 aliphatic rings. The van der Waals surface area contributed by atoms with Gasteiger partial charge >= 0.3 is 12.0 Å². The molecule has 35 heavy (non-hydrogen) atoms. The number of urea groups is 1. The highest BCUT2D eigenvalue weighted by molar-refractivity contribution is 5.84. The van der Waals surface area contributed by atoms with E-state index >= 15 is 0 Å². The van der Waals surface area contributed by atoms with E-state index in [4.69, 9.17) is 4.74 Å². The fourth-order valence-corrected chi connectivity index (χ4v) is 5.50. The number of aryl methyl sites for hydroxylation is 1. The molecule has 0 radical (unpaired) electrons. The lowest BCUT2D eigenvalue weighted by Gasteiger charge is -2.36. The van der Waals surface area contributed by atoms with Crippen molar-refractivity contribution in [3.8, 4) is 11.1 Å². The SMILES string of the molecule is Cc1ccc(-c2c(C)c3c(c(C)c2C(OC(C)(C)C)C(=O)O)CN(C(=O)N2CCCC2)CC3)cc1. The van der Waals surface area contributed by atoms with Gasteiger partial charge in [-0.15, -0.1) is 0 Å². The predicted octanol–water partition coefficient (Wildman–Crippen LogP) is 5.79. The number of carbonyl (C=O) groups excluding carboxylic acids is 1. The molecule has 1 unspecified atom stereocenters. The molecule has 0 saturated carbocycles. The molecule has 1 saturated heterocycles. The molecule has 2 aliphatic heterocycles. The van der Waals surface area contributed by atoms with Gasteiger partial charge in [0.1, 0.15) is 0 Å². The van der Waals surface area contributed by atoms with Gasteiger partial charge in [-0.3, -0.25) is 0 Å². The van der Waals surface area contributed by atoms with Crippen molar-refractivity contribution >= 4 is 12.0 Å². The van der Waals surface area contributed by atoms with Gasteiger partial charge < -0.3 is 19.6 Å². The van der Waals surface area contributed by atoms with Crippen LogP contribution in [-0.4, -0.2) is 52.1 Å². The Morgan fingerprint density at radius 3 is 2.11 bits per heavy atom. The van der Waals surface area contributed by atoms with Crippen molar-refractivity contribution in [3.63, 3.8) is 0 Å². The summed E-state index contributed by atoms with van der Waals surface area (Å²) in [7, 11) is 0. The van der Waals surface area contributed by atoms with Crippen molar-refractivity contribution < 1.29 is 19.4 Å². The molecule has 0 bridgehead atoms. The summed E-state index contributed by atoms with van der Waals surface area (Å²) in [5.41, 5.74) is 7.44. The van der Waals surface area contributed by atoms with Crippen molar-refractivity contribution in [2.24, 2.45) is 0 Å². The third-order valence-electron chi connectivity index (χ3n) is 7.24. The summed E-state index contributed by atoms with van der Waals surface area (Å²) in [4.78, 5) is 29.6. The number of ether oxygens (including phenoxy) is 1. The summed E-state index contributed by atoms with van der Waals surface area (Å²) in [5, 5.41) is 10.3. The second kappa shape index (κ2) is 9.65. The van der Waals surface area contributed by atoms with E-state index in [0.29, 0.717) is 18.7 Å². The smallest absolute Gasteiger partial charge is 0.337 e. The molecule has 0 aromatic heterocycles. The normalized spacial score (nSPS) is 16.9. The summed E-state index contributed by atoms with van der Waals surface area (Å²) >= 11 is 0. The Morgan fingerprint density at radius 1 is 0.914 bits per heavy atom. The predicted molar refractivity (Wildman–Crippen MR) is 138 cm³/mol. The van der Waals surface area contributed by atoms with Gasteiger partial charge in [-0.2, -0.15) is 0 Å². The van der Waals surface area contributed by atoms with Gasteiger partial charge in [0, 0.05) is 31.7 Å². The highest BCUT2D eigenvalue weighted by Gasteiger charge is 2.36. The number of amides is 2. The highest BCUT2D eigenvalue weighted by Crippen LogP contribution is 2.42. The maximum Gasteiger partial charge on any atom is 0.337 e. The molecule has 6 nitrogen and oxygen atoms in total. The number of hydrogen-bond donors (Lipinski definition) is 1. The maximum atomic E-state index is 13.2. The summed E-state index contributed by atoms with van der Waals surface area (Å²) in [5.74, 6) is -1.00. The van der Waals surface area contributed by atoms with Gasteiger partial charge in [0.05, 0.1) is 5.60 Å². The summed E-state index contributed by atoms with van der Waals surface area (Å²) in [6, 6.07) is 8.34. The number of likely N-dealkylation sites (tertiary alicyclic amines) is 1. The van der Waals surface area contributed by atoms with Gasteiger partial charge in [-0.25, -0.2) is 9.59 Å². The minimum atomic E-state index is -1.11. The van der Waals surface area contributed by atoms with Crippen molar-refractivity contribution in [1.29, 1.82) is 0 Å². The van der Waals surface area contributed by atoms with E-state index < -0.39 is 17.7 Å². The van der Waals surface area contributed by atoms with Gasteiger partial charge in [-0.05, 0) is 94.2 Å². The van der Waals surface area contributed by atoms with Gasteiger partial charge in [-0.1, -0.05) is 29.8 Å². The van der Waals surface area contributed by atoms with Crippen LogP contribution in [0.3, 0.4) is 0 Å². The molecule has 6 heteroatoms. The largest absolute Gasteiger partial charge is 0.479 e. The van der Waals surface area contributed by atoms with E-state index in [9.17, 15) is 14.7 Å². The number of aliphatic carboxylic acids is 1. The van der Waals surface area contributed by atoms with Crippen molar-refractivity contribution in [3.05, 3.63) is 57.6 Å². The molecule has 2 amide bonds. The first-order valence-electron chi connectivity index (χ1n) is 12.6. The van der Waals surface area contributed by atoms with Gasteiger partial charge in [0.15, 0.2) is 6.10 Å². The molecule has 4 rings (SSSR count). The van der Waals surface area contributed by atoms with Crippen LogP contribution in [0.5, 0.6) is 0 Å². The Kier molecular flexibility index (Phi) is 6.96. The van der Waals surface area contributed by atoms with Gasteiger partial charge in [0.25, 0.3) is 0 Å². The zero-order valence-corrected chi connectivity index (χ0v) is 21.9. The molecule has 2 aromatic rings. The molecule has 0 aliphatic carbocycles. The van der Waals surface area contributed by atoms with E-state index in [1.54, 1.807) is 0 Å². The van der Waals surface area contributed by atoms with E-state index in [1.165, 1.54) is 5.56 Å². The number of carboxylic acid groups (broad SMARTS) is 1. The average Bonchev–Trinajstić information content (AvgIpc) is 3.34. The Balaban J connectivity index is 1.88. The van der Waals surface area contributed by atoms with Crippen LogP contribution in [0.1, 0.15) is 73.1 Å². The molecular weight excluding hydrogens is 440 g/mol. The van der Waals surface area contributed by atoms with Crippen molar-refractivity contribution in [1.82, 2.24) is 9.80 Å². The van der Waals surface area contributed by atoms with Crippen LogP contribution in [-0.2, 0) is 22.5 Å². The third kappa shape index (κ3) is 5.08. The minimum Gasteiger partial charge on any atom is -0.479 e. The quantitative estimate of drug-likeness (QED) is 0.604. The molecule has 2 heterocycles. The van der Waals surface area contributed by atoms with Crippen LogP contribution in [0.25, 0.3) is 11.1 Å². The van der Waals surface area contributed by atoms with Crippen LogP contribution in [0.2, 0.25) is 0 Å². The molecule has 1 N–H and O–H groups in total. The lowest BCUT2D eigenvalue weighted by molar-refractivity contribution is -0.160. The number of benzene rings is 2. The highest BCUT2D eigenvalue weighted by atomic mass is 16.5. The lowest BCUT2D eigenvalue weighted by Crippen LogP contribution is -2.44. The first kappa shape index (κ1) is 25.2. The Morgan fingerprint density at radius 2 is 1.54 bits per heavy atom. The Bertz CT molecular complexity index is 1130. The third-order valence-corrected chi connectivity index (χ3v) is 7.24. The fraction of sp³-hybridized carbons (Fsp3) is 0.517. The van der Waals surface area contributed by atoms with E-state index in [0.717, 1.165) is 65.7 Å². The number of fused-ring (bicyclic) bond motifs is 1. The van der Waals surface area contributed by atoms with Crippen molar-refractivity contribution in [2.75, 3.05) is 19.6 Å². The maximum absolute atomic E-state index is 13.2. The van der Waals surface area contributed by atoms with E-state index in [1.807, 2.05) is 44.4 Å². The van der Waals surface area contributed by atoms with Crippen LogP contribution >= 0.6 is 0 Å². The molecule has 1 fully saturated rings. The van der Waals surface area contributed by atoms with Crippen LogP contribution in [0, 0.1) is 20.8 Å². The summed E-state index contributed by atoms with van der Waals surface area (Å²) in [6.07, 6.45) is 1.77. The topological polar surface area (TPSA) is 70.1 Å². The summed E-state index contributed by atoms with van der Waals surface area (Å²) < 4.78 is 6.17. The molecular formula is C29H38N2O4. The number of carboxylic acids is 1. The zero-order valence-electron chi connectivity index (χ0n) is 21.9. The number of carbonyl (C=O) groups is 2. The molecule has 188 valence electrons. The first-order valence-corrected chi connectivity index (χ1v) is 12.6. The standard InChI is InChI=1S/C29H38N2O4/c1-18-9-11-21(12-10-18)24-19(2)22-13-16-31(28(34)30-14-7-8-15-30)17-23(22)20(3)25(24)26(27(32)33)35-29(4,5)6/h9-12,26H,7-8,13-17H2,1-6H3,(H,32,33). The first-order chi connectivity index (χ1) is 16.5. The average molecular weight is 479 g/mol. The van der Waals surface area contributed by atoms with E-state index in [-0.39, 0.29) is 6.03 Å². The second-order valence-corrected chi connectivity index (χ2v) is 11.0. The number of nitrogens with zero attached hydrogens (tertiary/aromatic N) is 2. The monoisotopic (exact) mass is 478 g/mol. The van der Waals surface area contributed by atoms with Gasteiger partial charge in [0.2, 0.25) is 0 Å². The number of rotatable bonds is 4. The number of hydrogen-bond acceptors (Lipinski definition) is 3. The Labute approximate surface area is 208 Å². The van der Waals surface area contributed by atoms with Crippen LogP contribution in [0.4, 0.5) is 4.79 Å². The lowest BCUT2D eigenvalue weighted by atomic mass is 9.80. The minimum absolute atomic E-state index is 0.0927. The zero-order chi connectivity index (χ0) is 25.5. The van der Waals surface area contributed by atoms with Crippen LogP contribution < -0.4 is 0 Å². The molecule has 2 aromatic carbocycles. The van der Waals surface area contributed by atoms with Crippen LogP contribution in [0.15, 0.2) is 24.3 Å². The second-order valence-electron chi connectivity index (χ2n) is 11.0. The Hall–Kier alpha value is -2.86. The molecule has 1 atom stereocenters. The fourth-order valence-electron chi connectivity index (χ4n) is 5.50. The summed E-state index contributed by atoms with van der Waals surface area (Å²) in [6.45, 7) is 14.6. The van der Waals surface area contributed by atoms with Crippen molar-refractivity contribution in [2.45, 2.75) is 79.1 Å².